The number of halogens is 3. The molecule has 1 atom stereocenters. The van der Waals surface area contributed by atoms with Crippen LogP contribution in [0, 0.1) is 0 Å². The molecule has 0 spiro atoms. The molecule has 1 aliphatic rings. The Balaban J connectivity index is 1.37. The van der Waals surface area contributed by atoms with E-state index in [9.17, 15) is 13.6 Å². The summed E-state index contributed by atoms with van der Waals surface area (Å²) in [6, 6.07) is 6.58. The van der Waals surface area contributed by atoms with Gasteiger partial charge in [0, 0.05) is 24.9 Å². The van der Waals surface area contributed by atoms with Gasteiger partial charge in [-0.25, -0.2) is 14.2 Å². The van der Waals surface area contributed by atoms with Crippen molar-refractivity contribution >= 4 is 23.0 Å². The lowest BCUT2D eigenvalue weighted by Gasteiger charge is -2.32. The van der Waals surface area contributed by atoms with E-state index in [2.05, 4.69) is 30.4 Å². The molecule has 0 bridgehead atoms. The average molecular weight is 486 g/mol. The van der Waals surface area contributed by atoms with Crippen LogP contribution < -0.4 is 0 Å². The fourth-order valence-electron chi connectivity index (χ4n) is 4.03. The molecule has 0 saturated heterocycles. The van der Waals surface area contributed by atoms with Crippen LogP contribution in [0.3, 0.4) is 0 Å². The minimum Gasteiger partial charge on any atom is -0.412 e. The molecule has 1 aliphatic heterocycles. The van der Waals surface area contributed by atoms with Gasteiger partial charge in [0.25, 0.3) is 5.89 Å². The number of hydrogen-bond acceptors (Lipinski definition) is 7. The van der Waals surface area contributed by atoms with Crippen LogP contribution in [-0.2, 0) is 6.42 Å². The lowest BCUT2D eigenvalue weighted by molar-refractivity contribution is 0.0566. The second-order valence-electron chi connectivity index (χ2n) is 7.57. The summed E-state index contributed by atoms with van der Waals surface area (Å²) in [5.41, 5.74) is 3.03. The highest BCUT2D eigenvalue weighted by atomic mass is 35.5. The monoisotopic (exact) mass is 485 g/mol. The maximum absolute atomic E-state index is 13.4. The third-order valence-corrected chi connectivity index (χ3v) is 5.87. The summed E-state index contributed by atoms with van der Waals surface area (Å²) in [4.78, 5) is 22.5. The Morgan fingerprint density at radius 2 is 2.18 bits per heavy atom. The van der Waals surface area contributed by atoms with Gasteiger partial charge < -0.3 is 14.3 Å². The lowest BCUT2D eigenvalue weighted by atomic mass is 9.99. The largest absolute Gasteiger partial charge is 0.412 e. The van der Waals surface area contributed by atoms with E-state index >= 15 is 0 Å². The van der Waals surface area contributed by atoms with Gasteiger partial charge in [-0.2, -0.15) is 19.0 Å². The quantitative estimate of drug-likeness (QED) is 0.388. The second-order valence-corrected chi connectivity index (χ2v) is 7.96. The Morgan fingerprint density at radius 3 is 2.97 bits per heavy atom. The van der Waals surface area contributed by atoms with Gasteiger partial charge in [0.05, 0.1) is 35.0 Å². The first-order valence-corrected chi connectivity index (χ1v) is 10.5. The number of imidazole rings is 1. The van der Waals surface area contributed by atoms with Gasteiger partial charge >= 0.3 is 18.3 Å². The van der Waals surface area contributed by atoms with Crippen molar-refractivity contribution in [1.29, 1.82) is 0 Å². The van der Waals surface area contributed by atoms with Crippen LogP contribution in [0.5, 0.6) is 0 Å². The number of carbonyl (C=O) groups is 1. The molecule has 1 N–H and O–H groups in total. The van der Waals surface area contributed by atoms with Crippen molar-refractivity contribution in [3.05, 3.63) is 71.1 Å². The number of alkyl halides is 2. The molecule has 0 fully saturated rings. The third-order valence-electron chi connectivity index (χ3n) is 5.58. The molecule has 0 aromatic carbocycles. The predicted octanol–water partition coefficient (Wildman–Crippen LogP) is 3.14. The van der Waals surface area contributed by atoms with E-state index in [4.69, 9.17) is 16.0 Å². The molecule has 14 heteroatoms. The zero-order valence-corrected chi connectivity index (χ0v) is 17.9. The van der Waals surface area contributed by atoms with E-state index in [0.29, 0.717) is 34.2 Å². The standard InChI is InChI=1S/C20H14ClF2N9O2/c21-14-3-1-2-11-6-13(29-32(11)14)16-15-12(24-9-25-15)4-5-30(16)19(33)18-28-27-17(34-18)10-7-26-31(8-10)20(22)23/h1-3,6-9,16,20H,4-5H2,(H,24,25)/t16-/m1/s1. The molecule has 0 aliphatic carbocycles. The van der Waals surface area contributed by atoms with Crippen molar-refractivity contribution < 1.29 is 18.0 Å². The van der Waals surface area contributed by atoms with Crippen LogP contribution in [0.15, 0.2) is 47.4 Å². The number of nitrogens with zero attached hydrogens (tertiary/aromatic N) is 8. The number of fused-ring (bicyclic) bond motifs is 2. The van der Waals surface area contributed by atoms with Crippen molar-refractivity contribution in [1.82, 2.24) is 44.5 Å². The number of carbonyl (C=O) groups excluding carboxylic acids is 1. The molecular weight excluding hydrogens is 472 g/mol. The first-order valence-electron chi connectivity index (χ1n) is 10.1. The fraction of sp³-hybridized carbons (Fsp3) is 0.200. The summed E-state index contributed by atoms with van der Waals surface area (Å²) >= 11 is 6.28. The molecule has 11 nitrogen and oxygen atoms in total. The van der Waals surface area contributed by atoms with E-state index < -0.39 is 18.5 Å². The highest BCUT2D eigenvalue weighted by Gasteiger charge is 2.38. The molecule has 6 heterocycles. The van der Waals surface area contributed by atoms with Crippen LogP contribution >= 0.6 is 11.6 Å². The molecule has 1 amide bonds. The Hall–Kier alpha value is -4.13. The zero-order valence-electron chi connectivity index (χ0n) is 17.1. The van der Waals surface area contributed by atoms with Crippen molar-refractivity contribution in [2.24, 2.45) is 0 Å². The third kappa shape index (κ3) is 3.23. The Kier molecular flexibility index (Phi) is 4.65. The van der Waals surface area contributed by atoms with Gasteiger partial charge in [-0.1, -0.05) is 17.7 Å². The summed E-state index contributed by atoms with van der Waals surface area (Å²) in [5.74, 6) is -0.920. The molecule has 5 aromatic rings. The lowest BCUT2D eigenvalue weighted by Crippen LogP contribution is -2.41. The fourth-order valence-corrected chi connectivity index (χ4v) is 4.24. The van der Waals surface area contributed by atoms with Gasteiger partial charge in [0.1, 0.15) is 11.2 Å². The molecule has 34 heavy (non-hydrogen) atoms. The Morgan fingerprint density at radius 1 is 1.29 bits per heavy atom. The number of H-pyrrole nitrogens is 1. The SMILES string of the molecule is O=C(c1nnc(-c2cnn(C(F)F)c2)o1)N1CCc2[nH]cnc2[C@H]1c1cc2cccc(Cl)n2n1. The number of aromatic nitrogens is 8. The normalized spacial score (nSPS) is 15.9. The summed E-state index contributed by atoms with van der Waals surface area (Å²) in [6.07, 6.45) is 4.33. The molecule has 0 radical (unpaired) electrons. The molecule has 0 saturated carbocycles. The summed E-state index contributed by atoms with van der Waals surface area (Å²) in [6.45, 7) is -2.48. The van der Waals surface area contributed by atoms with Gasteiger partial charge in [0.15, 0.2) is 0 Å². The number of rotatable bonds is 4. The van der Waals surface area contributed by atoms with Crippen molar-refractivity contribution in [2.45, 2.75) is 19.0 Å². The highest BCUT2D eigenvalue weighted by Crippen LogP contribution is 2.35. The van der Waals surface area contributed by atoms with Crippen LogP contribution in [0.2, 0.25) is 5.15 Å². The van der Waals surface area contributed by atoms with E-state index in [0.717, 1.165) is 23.6 Å². The Labute approximate surface area is 194 Å². The van der Waals surface area contributed by atoms with Crippen LogP contribution in [-0.4, -0.2) is 56.9 Å². The zero-order chi connectivity index (χ0) is 23.4. The molecule has 172 valence electrons. The smallest absolute Gasteiger partial charge is 0.333 e. The minimum atomic E-state index is -2.81. The van der Waals surface area contributed by atoms with Gasteiger partial charge in [-0.3, -0.25) is 4.79 Å². The topological polar surface area (TPSA) is 123 Å². The van der Waals surface area contributed by atoms with E-state index in [1.165, 1.54) is 0 Å². The average Bonchev–Trinajstić information content (AvgIpc) is 3.62. The molecular formula is C20H14ClF2N9O2. The van der Waals surface area contributed by atoms with Crippen molar-refractivity contribution in [3.8, 4) is 11.5 Å². The van der Waals surface area contributed by atoms with Crippen LogP contribution in [0.4, 0.5) is 8.78 Å². The number of hydrogen-bond donors (Lipinski definition) is 1. The number of aromatic amines is 1. The first-order chi connectivity index (χ1) is 16.5. The summed E-state index contributed by atoms with van der Waals surface area (Å²) < 4.78 is 33.2. The van der Waals surface area contributed by atoms with E-state index in [1.807, 2.05) is 18.2 Å². The second kappa shape index (κ2) is 7.73. The number of nitrogens with one attached hydrogen (secondary N) is 1. The van der Waals surface area contributed by atoms with E-state index in [-0.39, 0.29) is 17.3 Å². The van der Waals surface area contributed by atoms with Crippen molar-refractivity contribution in [2.75, 3.05) is 6.54 Å². The minimum absolute atomic E-state index is 0.0937. The summed E-state index contributed by atoms with van der Waals surface area (Å²) in [5, 5.41) is 16.2. The maximum Gasteiger partial charge on any atom is 0.333 e. The van der Waals surface area contributed by atoms with Crippen molar-refractivity contribution in [3.63, 3.8) is 0 Å². The van der Waals surface area contributed by atoms with Gasteiger partial charge in [0.2, 0.25) is 0 Å². The molecule has 0 unspecified atom stereocenters. The van der Waals surface area contributed by atoms with Gasteiger partial charge in [-0.15, -0.1) is 10.2 Å². The summed E-state index contributed by atoms with van der Waals surface area (Å²) in [7, 11) is 0. The highest BCUT2D eigenvalue weighted by molar-refractivity contribution is 6.29. The van der Waals surface area contributed by atoms with Crippen LogP contribution in [0.25, 0.3) is 17.0 Å². The van der Waals surface area contributed by atoms with Gasteiger partial charge in [-0.05, 0) is 18.2 Å². The number of amides is 1. The first kappa shape index (κ1) is 20.5. The maximum atomic E-state index is 13.4. The Bertz CT molecular complexity index is 1520. The predicted molar refractivity (Wildman–Crippen MR) is 112 cm³/mol. The molecule has 5 aromatic heterocycles. The molecule has 6 rings (SSSR count). The van der Waals surface area contributed by atoms with E-state index in [1.54, 1.807) is 21.8 Å². The number of pyridine rings is 1. The van der Waals surface area contributed by atoms with Crippen LogP contribution in [0.1, 0.15) is 40.4 Å².